The minimum Gasteiger partial charge on any atom is -0.507 e. The summed E-state index contributed by atoms with van der Waals surface area (Å²) < 4.78 is 16.6. The van der Waals surface area contributed by atoms with Crippen molar-refractivity contribution < 1.29 is 9.50 Å². The zero-order valence-electron chi connectivity index (χ0n) is 17.0. The molecule has 4 atom stereocenters. The lowest BCUT2D eigenvalue weighted by atomic mass is 9.96. The van der Waals surface area contributed by atoms with Crippen LogP contribution in [0.1, 0.15) is 19.3 Å². The van der Waals surface area contributed by atoms with Gasteiger partial charge in [-0.2, -0.15) is 5.10 Å². The van der Waals surface area contributed by atoms with E-state index in [1.165, 1.54) is 0 Å². The number of nitrogens with zero attached hydrogens (tertiary/aromatic N) is 5. The third kappa shape index (κ3) is 3.31. The maximum atomic E-state index is 14.9. The van der Waals surface area contributed by atoms with E-state index in [0.29, 0.717) is 23.1 Å². The van der Waals surface area contributed by atoms with E-state index in [1.807, 2.05) is 55.5 Å². The Hall–Kier alpha value is -3.00. The number of hydrogen-bond acceptors (Lipinski definition) is 6. The van der Waals surface area contributed by atoms with E-state index in [2.05, 4.69) is 20.6 Å². The molecule has 0 spiro atoms. The lowest BCUT2D eigenvalue weighted by molar-refractivity contribution is 0.176. The van der Waals surface area contributed by atoms with Gasteiger partial charge >= 0.3 is 0 Å². The van der Waals surface area contributed by atoms with Crippen LogP contribution >= 0.6 is 0 Å². The molecule has 2 fully saturated rings. The zero-order chi connectivity index (χ0) is 20.8. The van der Waals surface area contributed by atoms with Crippen molar-refractivity contribution in [3.8, 4) is 28.3 Å². The van der Waals surface area contributed by atoms with Crippen LogP contribution in [0.3, 0.4) is 0 Å². The number of alkyl halides is 1. The van der Waals surface area contributed by atoms with Crippen molar-refractivity contribution in [1.29, 1.82) is 0 Å². The first kappa shape index (κ1) is 19.0. The second-order valence-electron chi connectivity index (χ2n) is 8.29. The largest absolute Gasteiger partial charge is 0.507 e. The third-order valence-electron chi connectivity index (χ3n) is 6.35. The lowest BCUT2D eigenvalue weighted by Crippen LogP contribution is -2.55. The standard InChI is InChI=1S/C22H25FN6O/c1-28-10-9-16(27-28)13-3-5-15(20(30)11-13)17-7-8-21(26-25-17)29(2)19-12-14-4-6-18(24-14)22(19)23/h3,5,7-11,14,18-19,22,24,30H,4,6,12H2,1-2H3/t14?,18?,19-,22+/m1/s1. The predicted octanol–water partition coefficient (Wildman–Crippen LogP) is 2.92. The molecule has 30 heavy (non-hydrogen) atoms. The van der Waals surface area contributed by atoms with Crippen LogP contribution in [0.15, 0.2) is 42.6 Å². The summed E-state index contributed by atoms with van der Waals surface area (Å²) >= 11 is 0. The van der Waals surface area contributed by atoms with Crippen molar-refractivity contribution in [2.24, 2.45) is 7.05 Å². The van der Waals surface area contributed by atoms with Gasteiger partial charge in [0, 0.05) is 43.5 Å². The molecule has 7 nitrogen and oxygen atoms in total. The van der Waals surface area contributed by atoms with Gasteiger partial charge in [0.2, 0.25) is 0 Å². The summed E-state index contributed by atoms with van der Waals surface area (Å²) in [6, 6.07) is 11.1. The summed E-state index contributed by atoms with van der Waals surface area (Å²) in [5, 5.41) is 26.9. The van der Waals surface area contributed by atoms with E-state index in [4.69, 9.17) is 0 Å². The molecule has 0 amide bonds. The van der Waals surface area contributed by atoms with Gasteiger partial charge in [-0.15, -0.1) is 10.2 Å². The number of anilines is 1. The van der Waals surface area contributed by atoms with Gasteiger partial charge in [0.25, 0.3) is 0 Å². The molecule has 5 rings (SSSR count). The molecule has 156 valence electrons. The molecule has 8 heteroatoms. The number of phenols is 1. The van der Waals surface area contributed by atoms with Crippen LogP contribution in [0.2, 0.25) is 0 Å². The zero-order valence-corrected chi connectivity index (χ0v) is 17.0. The Bertz CT molecular complexity index is 1050. The number of hydrogen-bond donors (Lipinski definition) is 2. The van der Waals surface area contributed by atoms with E-state index in [1.54, 1.807) is 10.7 Å². The molecule has 2 saturated heterocycles. The van der Waals surface area contributed by atoms with Crippen LogP contribution in [-0.2, 0) is 7.05 Å². The number of phenolic OH excluding ortho intramolecular Hbond substituents is 1. The Kier molecular flexibility index (Phi) is 4.66. The van der Waals surface area contributed by atoms with Crippen LogP contribution in [0.5, 0.6) is 5.75 Å². The minimum atomic E-state index is -0.918. The second kappa shape index (κ2) is 7.36. The van der Waals surface area contributed by atoms with Crippen LogP contribution in [0.4, 0.5) is 10.2 Å². The summed E-state index contributed by atoms with van der Waals surface area (Å²) in [7, 11) is 3.73. The average Bonchev–Trinajstić information content (AvgIpc) is 3.37. The third-order valence-corrected chi connectivity index (χ3v) is 6.35. The van der Waals surface area contributed by atoms with Crippen LogP contribution in [0, 0.1) is 0 Å². The van der Waals surface area contributed by atoms with Gasteiger partial charge in [-0.25, -0.2) is 4.39 Å². The van der Waals surface area contributed by atoms with Crippen LogP contribution < -0.4 is 10.2 Å². The van der Waals surface area contributed by atoms with Gasteiger partial charge in [-0.05, 0) is 49.6 Å². The molecule has 1 aromatic carbocycles. The number of aromatic nitrogens is 4. The number of aromatic hydroxyl groups is 1. The molecule has 2 aliphatic heterocycles. The van der Waals surface area contributed by atoms with Gasteiger partial charge in [0.1, 0.15) is 11.9 Å². The highest BCUT2D eigenvalue weighted by Crippen LogP contribution is 2.34. The fraction of sp³-hybridized carbons (Fsp3) is 0.409. The Morgan fingerprint density at radius 1 is 1.13 bits per heavy atom. The average molecular weight is 408 g/mol. The number of fused-ring (bicyclic) bond motifs is 2. The first-order valence-corrected chi connectivity index (χ1v) is 10.3. The molecule has 2 aromatic heterocycles. The highest BCUT2D eigenvalue weighted by molar-refractivity contribution is 5.73. The van der Waals surface area contributed by atoms with Crippen molar-refractivity contribution in [3.63, 3.8) is 0 Å². The van der Waals surface area contributed by atoms with E-state index >= 15 is 0 Å². The molecule has 2 aliphatic rings. The SMILES string of the molecule is CN(c1ccc(-c2ccc(-c3ccn(C)n3)cc2O)nn1)[C@@H]1CC2CCC(N2)[C@@H]1F. The summed E-state index contributed by atoms with van der Waals surface area (Å²) in [6.07, 6.45) is 3.64. The highest BCUT2D eigenvalue weighted by atomic mass is 19.1. The summed E-state index contributed by atoms with van der Waals surface area (Å²) in [5.41, 5.74) is 2.79. The molecule has 0 radical (unpaired) electrons. The Labute approximate surface area is 174 Å². The van der Waals surface area contributed by atoms with Gasteiger partial charge in [-0.3, -0.25) is 4.68 Å². The van der Waals surface area contributed by atoms with Crippen molar-refractivity contribution in [3.05, 3.63) is 42.6 Å². The minimum absolute atomic E-state index is 0.0574. The van der Waals surface area contributed by atoms with Crippen LogP contribution in [-0.4, -0.2) is 56.4 Å². The van der Waals surface area contributed by atoms with E-state index in [9.17, 15) is 9.50 Å². The van der Waals surface area contributed by atoms with Crippen molar-refractivity contribution in [2.45, 2.75) is 43.6 Å². The fourth-order valence-corrected chi connectivity index (χ4v) is 4.65. The molecule has 0 saturated carbocycles. The van der Waals surface area contributed by atoms with E-state index in [-0.39, 0.29) is 17.8 Å². The molecule has 2 N–H and O–H groups in total. The van der Waals surface area contributed by atoms with Crippen molar-refractivity contribution in [1.82, 2.24) is 25.3 Å². The van der Waals surface area contributed by atoms with Gasteiger partial charge in [0.05, 0.1) is 17.4 Å². The van der Waals surface area contributed by atoms with E-state index in [0.717, 1.165) is 30.5 Å². The molecule has 0 aliphatic carbocycles. The highest BCUT2D eigenvalue weighted by Gasteiger charge is 2.43. The Morgan fingerprint density at radius 3 is 2.70 bits per heavy atom. The lowest BCUT2D eigenvalue weighted by Gasteiger charge is -2.38. The normalized spacial score (nSPS) is 25.4. The molecule has 3 aromatic rings. The monoisotopic (exact) mass is 408 g/mol. The smallest absolute Gasteiger partial charge is 0.151 e. The maximum absolute atomic E-state index is 14.9. The summed E-state index contributed by atoms with van der Waals surface area (Å²) in [5.74, 6) is 0.754. The molecule has 4 heterocycles. The number of rotatable bonds is 4. The number of piperidine rings is 1. The number of aryl methyl sites for hydroxylation is 1. The molecule has 2 unspecified atom stereocenters. The molecular weight excluding hydrogens is 383 g/mol. The number of nitrogens with one attached hydrogen (secondary N) is 1. The summed E-state index contributed by atoms with van der Waals surface area (Å²) in [6.45, 7) is 0. The topological polar surface area (TPSA) is 79.1 Å². The number of halogens is 1. The first-order valence-electron chi connectivity index (χ1n) is 10.3. The first-order chi connectivity index (χ1) is 14.5. The van der Waals surface area contributed by atoms with Gasteiger partial charge < -0.3 is 15.3 Å². The number of benzene rings is 1. The predicted molar refractivity (Wildman–Crippen MR) is 113 cm³/mol. The quantitative estimate of drug-likeness (QED) is 0.691. The summed E-state index contributed by atoms with van der Waals surface area (Å²) in [4.78, 5) is 1.90. The fourth-order valence-electron chi connectivity index (χ4n) is 4.65. The molecular formula is C22H25FN6O. The van der Waals surface area contributed by atoms with Crippen molar-refractivity contribution >= 4 is 5.82 Å². The Morgan fingerprint density at radius 2 is 2.00 bits per heavy atom. The Balaban J connectivity index is 1.36. The van der Waals surface area contributed by atoms with Crippen molar-refractivity contribution in [2.75, 3.05) is 11.9 Å². The van der Waals surface area contributed by atoms with Gasteiger partial charge in [-0.1, -0.05) is 6.07 Å². The second-order valence-corrected chi connectivity index (χ2v) is 8.29. The van der Waals surface area contributed by atoms with Crippen LogP contribution in [0.25, 0.3) is 22.5 Å². The van der Waals surface area contributed by atoms with E-state index < -0.39 is 6.17 Å². The molecule has 2 bridgehead atoms. The van der Waals surface area contributed by atoms with Gasteiger partial charge in [0.15, 0.2) is 5.82 Å². The maximum Gasteiger partial charge on any atom is 0.151 e.